The van der Waals surface area contributed by atoms with Gasteiger partial charge in [-0.15, -0.1) is 0 Å². The number of fused-ring (bicyclic) bond motifs is 1. The number of amides is 1. The van der Waals surface area contributed by atoms with Gasteiger partial charge >= 0.3 is 0 Å². The van der Waals surface area contributed by atoms with Crippen LogP contribution in [-0.4, -0.2) is 15.5 Å². The molecule has 3 aromatic rings. The predicted molar refractivity (Wildman–Crippen MR) is 98.6 cm³/mol. The molecule has 6 heteroatoms. The second-order valence-electron chi connectivity index (χ2n) is 5.77. The fourth-order valence-electron chi connectivity index (χ4n) is 2.73. The molecule has 0 spiro atoms. The summed E-state index contributed by atoms with van der Waals surface area (Å²) < 4.78 is 1.33. The van der Waals surface area contributed by atoms with E-state index in [0.29, 0.717) is 15.9 Å². The molecule has 1 amide bonds. The van der Waals surface area contributed by atoms with Gasteiger partial charge in [0.1, 0.15) is 6.54 Å². The number of nitrogens with zero attached hydrogens (tertiary/aromatic N) is 2. The van der Waals surface area contributed by atoms with Crippen molar-refractivity contribution >= 4 is 28.4 Å². The van der Waals surface area contributed by atoms with Crippen LogP contribution in [0.4, 0.5) is 0 Å². The first-order valence-electron chi connectivity index (χ1n) is 8.07. The lowest BCUT2D eigenvalue weighted by molar-refractivity contribution is -0.122. The van der Waals surface area contributed by atoms with E-state index in [1.165, 1.54) is 10.9 Å². The molecule has 2 aromatic carbocycles. The summed E-state index contributed by atoms with van der Waals surface area (Å²) in [4.78, 5) is 29.1. The lowest BCUT2D eigenvalue weighted by atomic mass is 10.0. The normalized spacial score (nSPS) is 12.1. The number of hydrogen-bond donors (Lipinski definition) is 1. The smallest absolute Gasteiger partial charge is 0.261 e. The van der Waals surface area contributed by atoms with Gasteiger partial charge in [0.25, 0.3) is 5.56 Å². The molecule has 1 atom stereocenters. The van der Waals surface area contributed by atoms with E-state index in [4.69, 9.17) is 11.6 Å². The molecule has 0 aliphatic carbocycles. The SMILES string of the molecule is CCC(NC(=O)Cn1cnc2ccccc2c1=O)c1ccc(Cl)cc1. The number of rotatable bonds is 5. The third-order valence-corrected chi connectivity index (χ3v) is 4.31. The minimum Gasteiger partial charge on any atom is -0.348 e. The molecule has 0 fully saturated rings. The highest BCUT2D eigenvalue weighted by Gasteiger charge is 2.14. The van der Waals surface area contributed by atoms with E-state index in [1.807, 2.05) is 25.1 Å². The van der Waals surface area contributed by atoms with E-state index >= 15 is 0 Å². The predicted octanol–water partition coefficient (Wildman–Crippen LogP) is 3.32. The van der Waals surface area contributed by atoms with Crippen molar-refractivity contribution in [3.05, 3.63) is 75.8 Å². The monoisotopic (exact) mass is 355 g/mol. The Kier molecular flexibility index (Phi) is 5.14. The van der Waals surface area contributed by atoms with Crippen LogP contribution >= 0.6 is 11.6 Å². The van der Waals surface area contributed by atoms with Crippen molar-refractivity contribution < 1.29 is 4.79 Å². The van der Waals surface area contributed by atoms with Crippen LogP contribution in [0, 0.1) is 0 Å². The number of hydrogen-bond acceptors (Lipinski definition) is 3. The first kappa shape index (κ1) is 17.2. The largest absolute Gasteiger partial charge is 0.348 e. The Labute approximate surface area is 150 Å². The Morgan fingerprint density at radius 3 is 2.64 bits per heavy atom. The summed E-state index contributed by atoms with van der Waals surface area (Å²) in [6.07, 6.45) is 2.14. The van der Waals surface area contributed by atoms with Crippen LogP contribution in [0.1, 0.15) is 24.9 Å². The van der Waals surface area contributed by atoms with Gasteiger partial charge in [-0.1, -0.05) is 42.8 Å². The topological polar surface area (TPSA) is 64.0 Å². The van der Waals surface area contributed by atoms with Crippen molar-refractivity contribution in [2.24, 2.45) is 0 Å². The molecule has 0 aliphatic rings. The van der Waals surface area contributed by atoms with E-state index in [0.717, 1.165) is 12.0 Å². The summed E-state index contributed by atoms with van der Waals surface area (Å²) in [5.41, 5.74) is 1.38. The second-order valence-corrected chi connectivity index (χ2v) is 6.21. The molecule has 0 radical (unpaired) electrons. The number of carbonyl (C=O) groups is 1. The lowest BCUT2D eigenvalue weighted by Gasteiger charge is -2.18. The molecule has 0 bridgehead atoms. The fraction of sp³-hybridized carbons (Fsp3) is 0.211. The van der Waals surface area contributed by atoms with Crippen molar-refractivity contribution in [2.75, 3.05) is 0 Å². The number of benzene rings is 2. The molecule has 1 aromatic heterocycles. The molecule has 3 rings (SSSR count). The number of aromatic nitrogens is 2. The van der Waals surface area contributed by atoms with Gasteiger partial charge < -0.3 is 5.32 Å². The molecule has 0 saturated carbocycles. The van der Waals surface area contributed by atoms with Crippen LogP contribution in [0.15, 0.2) is 59.7 Å². The Bertz CT molecular complexity index is 951. The van der Waals surface area contributed by atoms with Crippen LogP contribution < -0.4 is 10.9 Å². The van der Waals surface area contributed by atoms with Gasteiger partial charge in [-0.05, 0) is 36.2 Å². The Morgan fingerprint density at radius 1 is 1.20 bits per heavy atom. The summed E-state index contributed by atoms with van der Waals surface area (Å²) in [5.74, 6) is -0.235. The first-order chi connectivity index (χ1) is 12.1. The standard InChI is InChI=1S/C19H18ClN3O2/c1-2-16(13-7-9-14(20)10-8-13)22-18(24)11-23-12-21-17-6-4-3-5-15(17)19(23)25/h3-10,12,16H,2,11H2,1H3,(H,22,24). The van der Waals surface area contributed by atoms with Crippen LogP contribution in [0.3, 0.4) is 0 Å². The summed E-state index contributed by atoms with van der Waals surface area (Å²) in [7, 11) is 0. The number of halogens is 1. The fourth-order valence-corrected chi connectivity index (χ4v) is 2.86. The molecule has 0 saturated heterocycles. The van der Waals surface area contributed by atoms with Crippen LogP contribution in [0.5, 0.6) is 0 Å². The van der Waals surface area contributed by atoms with Crippen molar-refractivity contribution in [2.45, 2.75) is 25.9 Å². The second kappa shape index (κ2) is 7.49. The molecule has 1 heterocycles. The minimum atomic E-state index is -0.235. The van der Waals surface area contributed by atoms with E-state index in [-0.39, 0.29) is 24.1 Å². The summed E-state index contributed by atoms with van der Waals surface area (Å²) in [6, 6.07) is 14.3. The quantitative estimate of drug-likeness (QED) is 0.763. The number of nitrogens with one attached hydrogen (secondary N) is 1. The van der Waals surface area contributed by atoms with Gasteiger partial charge in [0.2, 0.25) is 5.91 Å². The van der Waals surface area contributed by atoms with Crippen molar-refractivity contribution in [1.82, 2.24) is 14.9 Å². The molecular formula is C19H18ClN3O2. The van der Waals surface area contributed by atoms with E-state index in [2.05, 4.69) is 10.3 Å². The number of carbonyl (C=O) groups excluding carboxylic acids is 1. The zero-order chi connectivity index (χ0) is 17.8. The molecular weight excluding hydrogens is 338 g/mol. The third kappa shape index (κ3) is 3.88. The highest BCUT2D eigenvalue weighted by Crippen LogP contribution is 2.19. The summed E-state index contributed by atoms with van der Waals surface area (Å²) in [5, 5.41) is 4.11. The van der Waals surface area contributed by atoms with E-state index < -0.39 is 0 Å². The van der Waals surface area contributed by atoms with Crippen LogP contribution in [0.2, 0.25) is 5.02 Å². The highest BCUT2D eigenvalue weighted by atomic mass is 35.5. The lowest BCUT2D eigenvalue weighted by Crippen LogP contribution is -2.34. The van der Waals surface area contributed by atoms with Crippen LogP contribution in [0.25, 0.3) is 10.9 Å². The Morgan fingerprint density at radius 2 is 1.92 bits per heavy atom. The third-order valence-electron chi connectivity index (χ3n) is 4.06. The van der Waals surface area contributed by atoms with Gasteiger partial charge in [-0.2, -0.15) is 0 Å². The van der Waals surface area contributed by atoms with Gasteiger partial charge in [-0.25, -0.2) is 4.98 Å². The highest BCUT2D eigenvalue weighted by molar-refractivity contribution is 6.30. The number of para-hydroxylation sites is 1. The first-order valence-corrected chi connectivity index (χ1v) is 8.45. The molecule has 1 N–H and O–H groups in total. The molecule has 128 valence electrons. The average Bonchev–Trinajstić information content (AvgIpc) is 2.63. The minimum absolute atomic E-state index is 0.0687. The zero-order valence-corrected chi connectivity index (χ0v) is 14.5. The van der Waals surface area contributed by atoms with Gasteiger partial charge in [0.05, 0.1) is 23.3 Å². The van der Waals surface area contributed by atoms with Gasteiger partial charge in [0, 0.05) is 5.02 Å². The molecule has 1 unspecified atom stereocenters. The van der Waals surface area contributed by atoms with E-state index in [1.54, 1.807) is 30.3 Å². The summed E-state index contributed by atoms with van der Waals surface area (Å²) in [6.45, 7) is 1.92. The van der Waals surface area contributed by atoms with Crippen molar-refractivity contribution in [3.63, 3.8) is 0 Å². The van der Waals surface area contributed by atoms with Gasteiger partial charge in [0.15, 0.2) is 0 Å². The van der Waals surface area contributed by atoms with Crippen molar-refractivity contribution in [1.29, 1.82) is 0 Å². The zero-order valence-electron chi connectivity index (χ0n) is 13.8. The molecule has 0 aliphatic heterocycles. The Hall–Kier alpha value is -2.66. The van der Waals surface area contributed by atoms with E-state index in [9.17, 15) is 9.59 Å². The molecule has 5 nitrogen and oxygen atoms in total. The van der Waals surface area contributed by atoms with Crippen LogP contribution in [-0.2, 0) is 11.3 Å². The maximum absolute atomic E-state index is 12.5. The summed E-state index contributed by atoms with van der Waals surface area (Å²) >= 11 is 5.91. The van der Waals surface area contributed by atoms with Gasteiger partial charge in [-0.3, -0.25) is 14.2 Å². The van der Waals surface area contributed by atoms with Crippen molar-refractivity contribution in [3.8, 4) is 0 Å². The maximum atomic E-state index is 12.5. The average molecular weight is 356 g/mol. The molecule has 25 heavy (non-hydrogen) atoms. The maximum Gasteiger partial charge on any atom is 0.261 e. The Balaban J connectivity index is 1.76.